The molecule has 0 unspecified atom stereocenters. The second-order valence-electron chi connectivity index (χ2n) is 7.67. The zero-order valence-electron chi connectivity index (χ0n) is 18.5. The smallest absolute Gasteiger partial charge is 0.116 e. The molecule has 0 saturated carbocycles. The topological polar surface area (TPSA) is 50.7 Å². The maximum absolute atomic E-state index is 4.80. The number of hydrogen-bond donors (Lipinski definition) is 1. The highest BCUT2D eigenvalue weighted by atomic mass is 14.9. The van der Waals surface area contributed by atoms with E-state index in [-0.39, 0.29) is 1.43 Å². The fourth-order valence-electron chi connectivity index (χ4n) is 4.35. The first-order chi connectivity index (χ1) is 15.3. The summed E-state index contributed by atoms with van der Waals surface area (Å²) < 4.78 is 0. The molecule has 1 aliphatic heterocycles. The Morgan fingerprint density at radius 1 is 1.10 bits per heavy atom. The summed E-state index contributed by atoms with van der Waals surface area (Å²) in [6, 6.07) is 8.66. The average molecular weight is 413 g/mol. The second kappa shape index (κ2) is 9.69. The van der Waals surface area contributed by atoms with Crippen molar-refractivity contribution in [2.24, 2.45) is 0 Å². The van der Waals surface area contributed by atoms with Gasteiger partial charge in [0, 0.05) is 54.6 Å². The van der Waals surface area contributed by atoms with Crippen LogP contribution in [0.2, 0.25) is 0 Å². The molecule has 0 bridgehead atoms. The lowest BCUT2D eigenvalue weighted by Crippen LogP contribution is -2.14. The first-order valence-electron chi connectivity index (χ1n) is 11.3. The van der Waals surface area contributed by atoms with Gasteiger partial charge in [-0.1, -0.05) is 45.1 Å². The molecule has 1 N–H and O–H groups in total. The van der Waals surface area contributed by atoms with Crippen molar-refractivity contribution in [2.45, 2.75) is 46.0 Å². The Balaban J connectivity index is 0.000000938. The number of hydrogen-bond acceptors (Lipinski definition) is 4. The quantitative estimate of drug-likeness (QED) is 0.545. The molecule has 0 amide bonds. The Hall–Kier alpha value is -3.27. The molecule has 1 aromatic carbocycles. The van der Waals surface area contributed by atoms with E-state index >= 15 is 0 Å². The molecule has 3 heterocycles. The van der Waals surface area contributed by atoms with Crippen molar-refractivity contribution in [3.8, 4) is 0 Å². The van der Waals surface area contributed by atoms with E-state index in [1.807, 2.05) is 32.3 Å². The van der Waals surface area contributed by atoms with Crippen molar-refractivity contribution in [1.82, 2.24) is 20.3 Å². The Morgan fingerprint density at radius 2 is 2.00 bits per heavy atom. The lowest BCUT2D eigenvalue weighted by atomic mass is 9.96. The van der Waals surface area contributed by atoms with Gasteiger partial charge in [-0.2, -0.15) is 0 Å². The number of pyridine rings is 1. The number of allylic oxidation sites excluding steroid dienone is 4. The van der Waals surface area contributed by atoms with Crippen LogP contribution in [0.25, 0.3) is 22.0 Å². The summed E-state index contributed by atoms with van der Waals surface area (Å²) in [6.07, 6.45) is 15.4. The van der Waals surface area contributed by atoms with Crippen LogP contribution in [-0.2, 0) is 6.42 Å². The van der Waals surface area contributed by atoms with Crippen LogP contribution in [0.5, 0.6) is 0 Å². The highest BCUT2D eigenvalue weighted by Gasteiger charge is 2.19. The van der Waals surface area contributed by atoms with Gasteiger partial charge in [-0.3, -0.25) is 4.98 Å². The molecular formula is C27H32N4. The molecule has 1 fully saturated rings. The monoisotopic (exact) mass is 412 g/mol. The van der Waals surface area contributed by atoms with Crippen LogP contribution in [0.15, 0.2) is 67.4 Å². The lowest BCUT2D eigenvalue weighted by Gasteiger charge is -2.14. The van der Waals surface area contributed by atoms with Crippen LogP contribution in [0.3, 0.4) is 0 Å². The number of aromatic nitrogens is 3. The molecule has 1 aliphatic carbocycles. The SMILES string of the molecule is C=C/C(=C1/CCCCCN1)c1cnc2c(c1)C(c1ccc3ncncc3c1)=CC2.CC.[HH]. The van der Waals surface area contributed by atoms with Crippen LogP contribution >= 0.6 is 0 Å². The number of fused-ring (bicyclic) bond motifs is 2. The lowest BCUT2D eigenvalue weighted by molar-refractivity contribution is 0.721. The van der Waals surface area contributed by atoms with Gasteiger partial charge in [0.05, 0.1) is 11.2 Å². The van der Waals surface area contributed by atoms with Crippen molar-refractivity contribution >= 4 is 22.0 Å². The van der Waals surface area contributed by atoms with Crippen LogP contribution in [-0.4, -0.2) is 21.5 Å². The summed E-state index contributed by atoms with van der Waals surface area (Å²) in [7, 11) is 0. The van der Waals surface area contributed by atoms with Crippen molar-refractivity contribution in [3.05, 3.63) is 89.8 Å². The van der Waals surface area contributed by atoms with Gasteiger partial charge in [0.2, 0.25) is 0 Å². The van der Waals surface area contributed by atoms with Gasteiger partial charge in [-0.05, 0) is 48.6 Å². The summed E-state index contributed by atoms with van der Waals surface area (Å²) in [5, 5.41) is 4.67. The number of rotatable bonds is 3. The van der Waals surface area contributed by atoms with E-state index in [0.29, 0.717) is 0 Å². The average Bonchev–Trinajstić information content (AvgIpc) is 3.07. The van der Waals surface area contributed by atoms with Gasteiger partial charge in [0.15, 0.2) is 0 Å². The Kier molecular flexibility index (Phi) is 6.56. The largest absolute Gasteiger partial charge is 0.388 e. The van der Waals surface area contributed by atoms with Crippen LogP contribution in [0, 0.1) is 0 Å². The van der Waals surface area contributed by atoms with E-state index in [0.717, 1.165) is 41.5 Å². The first kappa shape index (κ1) is 21.0. The molecule has 160 valence electrons. The van der Waals surface area contributed by atoms with Crippen molar-refractivity contribution < 1.29 is 1.43 Å². The zero-order chi connectivity index (χ0) is 21.6. The van der Waals surface area contributed by atoms with E-state index in [1.54, 1.807) is 6.33 Å². The standard InChI is InChI=1S/C25H24N4.C2H6.H2/c1-2-20(24-6-4-3-5-11-27-24)18-13-22-21(8-10-25(22)28-15-18)17-7-9-23-19(12-17)14-26-16-29-23;1-2;/h2,7-9,12-16,27H,1,3-6,10-11H2;1-2H3;1H/b24-20+;;. The summed E-state index contributed by atoms with van der Waals surface area (Å²) in [6.45, 7) is 9.13. The Bertz CT molecular complexity index is 1150. The third-order valence-electron chi connectivity index (χ3n) is 5.86. The van der Waals surface area contributed by atoms with Gasteiger partial charge in [0.25, 0.3) is 0 Å². The van der Waals surface area contributed by atoms with Gasteiger partial charge in [0.1, 0.15) is 6.33 Å². The predicted octanol–water partition coefficient (Wildman–Crippen LogP) is 6.35. The molecule has 0 spiro atoms. The molecule has 31 heavy (non-hydrogen) atoms. The predicted molar refractivity (Wildman–Crippen MR) is 132 cm³/mol. The fourth-order valence-corrected chi connectivity index (χ4v) is 4.35. The van der Waals surface area contributed by atoms with Gasteiger partial charge in [-0.15, -0.1) is 0 Å². The van der Waals surface area contributed by atoms with Gasteiger partial charge in [-0.25, -0.2) is 9.97 Å². The summed E-state index contributed by atoms with van der Waals surface area (Å²) in [4.78, 5) is 13.3. The highest BCUT2D eigenvalue weighted by molar-refractivity contribution is 5.90. The third kappa shape index (κ3) is 4.29. The molecule has 0 radical (unpaired) electrons. The summed E-state index contributed by atoms with van der Waals surface area (Å²) in [5.74, 6) is 0. The molecule has 1 saturated heterocycles. The molecule has 4 heteroatoms. The second-order valence-corrected chi connectivity index (χ2v) is 7.67. The minimum atomic E-state index is 0. The molecule has 4 nitrogen and oxygen atoms in total. The Labute approximate surface area is 186 Å². The minimum absolute atomic E-state index is 0. The van der Waals surface area contributed by atoms with Crippen LogP contribution in [0.1, 0.15) is 63.3 Å². The Morgan fingerprint density at radius 3 is 2.87 bits per heavy atom. The minimum Gasteiger partial charge on any atom is -0.388 e. The summed E-state index contributed by atoms with van der Waals surface area (Å²) in [5.41, 5.74) is 9.36. The molecule has 2 aromatic heterocycles. The van der Waals surface area contributed by atoms with E-state index in [4.69, 9.17) is 4.98 Å². The third-order valence-corrected chi connectivity index (χ3v) is 5.86. The van der Waals surface area contributed by atoms with Crippen LogP contribution in [0.4, 0.5) is 0 Å². The molecular weight excluding hydrogens is 380 g/mol. The molecule has 5 rings (SSSR count). The zero-order valence-corrected chi connectivity index (χ0v) is 18.5. The van der Waals surface area contributed by atoms with E-state index in [1.165, 1.54) is 47.2 Å². The summed E-state index contributed by atoms with van der Waals surface area (Å²) >= 11 is 0. The maximum atomic E-state index is 4.80. The number of benzene rings is 1. The molecule has 0 atom stereocenters. The van der Waals surface area contributed by atoms with Crippen molar-refractivity contribution in [3.63, 3.8) is 0 Å². The van der Waals surface area contributed by atoms with Gasteiger partial charge < -0.3 is 5.32 Å². The fraction of sp³-hybridized carbons (Fsp3) is 0.296. The van der Waals surface area contributed by atoms with Crippen molar-refractivity contribution in [1.29, 1.82) is 0 Å². The molecule has 2 aliphatic rings. The maximum Gasteiger partial charge on any atom is 0.116 e. The highest BCUT2D eigenvalue weighted by Crippen LogP contribution is 2.35. The van der Waals surface area contributed by atoms with Crippen LogP contribution < -0.4 is 5.32 Å². The van der Waals surface area contributed by atoms with Crippen molar-refractivity contribution in [2.75, 3.05) is 6.54 Å². The number of nitrogens with one attached hydrogen (secondary N) is 1. The molecule has 3 aromatic rings. The van der Waals surface area contributed by atoms with E-state index in [9.17, 15) is 0 Å². The van der Waals surface area contributed by atoms with E-state index in [2.05, 4.69) is 52.2 Å². The number of nitrogens with zero attached hydrogens (tertiary/aromatic N) is 3. The first-order valence-corrected chi connectivity index (χ1v) is 11.3. The van der Waals surface area contributed by atoms with Gasteiger partial charge >= 0.3 is 0 Å². The van der Waals surface area contributed by atoms with E-state index < -0.39 is 0 Å². The normalized spacial score (nSPS) is 16.9.